The predicted octanol–water partition coefficient (Wildman–Crippen LogP) is 2.81. The van der Waals surface area contributed by atoms with Crippen molar-refractivity contribution in [2.75, 3.05) is 6.61 Å². The van der Waals surface area contributed by atoms with Gasteiger partial charge in [0.15, 0.2) is 12.4 Å². The monoisotopic (exact) mass is 359 g/mol. The van der Waals surface area contributed by atoms with Crippen LogP contribution in [0.4, 0.5) is 0 Å². The number of ether oxygens (including phenoxy) is 1. The lowest BCUT2D eigenvalue weighted by Crippen LogP contribution is -2.43. The van der Waals surface area contributed by atoms with Crippen molar-refractivity contribution >= 4 is 29.3 Å². The minimum Gasteiger partial charge on any atom is -0.452 e. The highest BCUT2D eigenvalue weighted by Gasteiger charge is 2.19. The standard InChI is InChI=1S/C19H18ClNO4/c1-13(22)17(10-14-6-3-2-4-7-14)21-18(23)12-25-19(24)15-8-5-9-16(20)11-15/h2-9,11,17H,10,12H2,1H3,(H,21,23)/t17-/m1/s1. The zero-order valence-corrected chi connectivity index (χ0v) is 14.5. The fourth-order valence-corrected chi connectivity index (χ4v) is 2.40. The number of hydrogen-bond acceptors (Lipinski definition) is 4. The fourth-order valence-electron chi connectivity index (χ4n) is 2.21. The third kappa shape index (κ3) is 6.04. The molecule has 1 atom stereocenters. The zero-order chi connectivity index (χ0) is 18.2. The predicted molar refractivity (Wildman–Crippen MR) is 94.5 cm³/mol. The number of benzene rings is 2. The first-order chi connectivity index (χ1) is 12.0. The molecule has 0 fully saturated rings. The Labute approximate surface area is 150 Å². The topological polar surface area (TPSA) is 72.5 Å². The maximum atomic E-state index is 12.0. The van der Waals surface area contributed by atoms with Crippen LogP contribution in [-0.4, -0.2) is 30.3 Å². The van der Waals surface area contributed by atoms with Crippen molar-refractivity contribution in [3.63, 3.8) is 0 Å². The molecule has 0 aliphatic rings. The molecule has 1 N–H and O–H groups in total. The van der Waals surface area contributed by atoms with Crippen LogP contribution in [0, 0.1) is 0 Å². The van der Waals surface area contributed by atoms with Gasteiger partial charge in [0.1, 0.15) is 0 Å². The van der Waals surface area contributed by atoms with Gasteiger partial charge in [-0.3, -0.25) is 9.59 Å². The fraction of sp³-hybridized carbons (Fsp3) is 0.211. The average molecular weight is 360 g/mol. The summed E-state index contributed by atoms with van der Waals surface area (Å²) in [4.78, 5) is 35.6. The Morgan fingerprint density at radius 1 is 1.08 bits per heavy atom. The Bertz CT molecular complexity index is 761. The quantitative estimate of drug-likeness (QED) is 0.771. The van der Waals surface area contributed by atoms with E-state index in [4.69, 9.17) is 16.3 Å². The number of carbonyl (C=O) groups is 3. The third-order valence-corrected chi connectivity index (χ3v) is 3.74. The second-order valence-corrected chi connectivity index (χ2v) is 5.94. The molecule has 0 aromatic heterocycles. The summed E-state index contributed by atoms with van der Waals surface area (Å²) >= 11 is 5.81. The second kappa shape index (κ2) is 8.99. The SMILES string of the molecule is CC(=O)[C@@H](Cc1ccccc1)NC(=O)COC(=O)c1cccc(Cl)c1. The molecule has 130 valence electrons. The minimum absolute atomic E-state index is 0.168. The van der Waals surface area contributed by atoms with Gasteiger partial charge in [0, 0.05) is 5.02 Å². The molecule has 0 unspecified atom stereocenters. The van der Waals surface area contributed by atoms with Crippen molar-refractivity contribution in [3.8, 4) is 0 Å². The Morgan fingerprint density at radius 2 is 1.80 bits per heavy atom. The first-order valence-corrected chi connectivity index (χ1v) is 8.10. The smallest absolute Gasteiger partial charge is 0.338 e. The van der Waals surface area contributed by atoms with Crippen LogP contribution in [0.3, 0.4) is 0 Å². The maximum absolute atomic E-state index is 12.0. The van der Waals surface area contributed by atoms with Crippen LogP contribution < -0.4 is 5.32 Å². The minimum atomic E-state index is -0.667. The van der Waals surface area contributed by atoms with Crippen molar-refractivity contribution in [1.82, 2.24) is 5.32 Å². The van der Waals surface area contributed by atoms with Crippen LogP contribution in [0.25, 0.3) is 0 Å². The molecule has 2 aromatic rings. The van der Waals surface area contributed by atoms with Gasteiger partial charge in [-0.05, 0) is 37.1 Å². The lowest BCUT2D eigenvalue weighted by Gasteiger charge is -2.16. The van der Waals surface area contributed by atoms with E-state index in [2.05, 4.69) is 5.32 Å². The maximum Gasteiger partial charge on any atom is 0.338 e. The zero-order valence-electron chi connectivity index (χ0n) is 13.7. The van der Waals surface area contributed by atoms with E-state index in [1.807, 2.05) is 30.3 Å². The van der Waals surface area contributed by atoms with E-state index in [1.54, 1.807) is 18.2 Å². The summed E-state index contributed by atoms with van der Waals surface area (Å²) < 4.78 is 4.95. The molecule has 6 heteroatoms. The first kappa shape index (κ1) is 18.7. The van der Waals surface area contributed by atoms with Crippen molar-refractivity contribution in [2.45, 2.75) is 19.4 Å². The molecule has 1 amide bonds. The summed E-state index contributed by atoms with van der Waals surface area (Å²) in [6.45, 7) is 0.940. The molecule has 2 rings (SSSR count). The van der Waals surface area contributed by atoms with E-state index in [1.165, 1.54) is 13.0 Å². The molecule has 0 heterocycles. The Kier molecular flexibility index (Phi) is 6.71. The van der Waals surface area contributed by atoms with Gasteiger partial charge in [0.25, 0.3) is 5.91 Å². The lowest BCUT2D eigenvalue weighted by atomic mass is 10.0. The Morgan fingerprint density at radius 3 is 2.44 bits per heavy atom. The van der Waals surface area contributed by atoms with Crippen LogP contribution in [0.15, 0.2) is 54.6 Å². The number of hydrogen-bond donors (Lipinski definition) is 1. The Hall–Kier alpha value is -2.66. The van der Waals surface area contributed by atoms with Crippen LogP contribution >= 0.6 is 11.6 Å². The van der Waals surface area contributed by atoms with Crippen LogP contribution in [0.2, 0.25) is 5.02 Å². The van der Waals surface area contributed by atoms with Gasteiger partial charge in [0.05, 0.1) is 11.6 Å². The molecule has 25 heavy (non-hydrogen) atoms. The molecule has 0 aliphatic carbocycles. The molecular weight excluding hydrogens is 342 g/mol. The van der Waals surface area contributed by atoms with Gasteiger partial charge in [-0.2, -0.15) is 0 Å². The summed E-state index contributed by atoms with van der Waals surface area (Å²) in [5.41, 5.74) is 1.19. The van der Waals surface area contributed by atoms with E-state index in [0.29, 0.717) is 11.4 Å². The van der Waals surface area contributed by atoms with E-state index in [9.17, 15) is 14.4 Å². The number of halogens is 1. The van der Waals surface area contributed by atoms with Gasteiger partial charge in [-0.1, -0.05) is 48.0 Å². The van der Waals surface area contributed by atoms with Gasteiger partial charge in [-0.25, -0.2) is 4.79 Å². The number of amides is 1. The number of carbonyl (C=O) groups excluding carboxylic acids is 3. The molecule has 0 radical (unpaired) electrons. The molecular formula is C19H18ClNO4. The molecule has 2 aromatic carbocycles. The molecule has 0 saturated heterocycles. The van der Waals surface area contributed by atoms with E-state index < -0.39 is 24.5 Å². The highest BCUT2D eigenvalue weighted by molar-refractivity contribution is 6.30. The van der Waals surface area contributed by atoms with Gasteiger partial charge in [0.2, 0.25) is 0 Å². The van der Waals surface area contributed by atoms with Gasteiger partial charge in [-0.15, -0.1) is 0 Å². The number of ketones is 1. The van der Waals surface area contributed by atoms with E-state index in [0.717, 1.165) is 5.56 Å². The third-order valence-electron chi connectivity index (χ3n) is 3.50. The molecule has 0 spiro atoms. The molecule has 0 saturated carbocycles. The highest BCUT2D eigenvalue weighted by atomic mass is 35.5. The van der Waals surface area contributed by atoms with Crippen molar-refractivity contribution in [1.29, 1.82) is 0 Å². The van der Waals surface area contributed by atoms with Crippen molar-refractivity contribution < 1.29 is 19.1 Å². The summed E-state index contributed by atoms with van der Waals surface area (Å²) in [7, 11) is 0. The summed E-state index contributed by atoms with van der Waals surface area (Å²) in [6, 6.07) is 14.9. The summed E-state index contributed by atoms with van der Waals surface area (Å²) in [5.74, 6) is -1.36. The normalized spacial score (nSPS) is 11.4. The van der Waals surface area contributed by atoms with Crippen molar-refractivity contribution in [3.05, 3.63) is 70.7 Å². The molecule has 0 bridgehead atoms. The lowest BCUT2D eigenvalue weighted by molar-refractivity contribution is -0.128. The number of esters is 1. The Balaban J connectivity index is 1.88. The number of Topliss-reactive ketones (excluding diaryl/α,β-unsaturated/α-hetero) is 1. The van der Waals surface area contributed by atoms with Crippen molar-refractivity contribution in [2.24, 2.45) is 0 Å². The number of rotatable bonds is 7. The number of nitrogens with one attached hydrogen (secondary N) is 1. The van der Waals surface area contributed by atoms with Crippen LogP contribution in [0.1, 0.15) is 22.8 Å². The van der Waals surface area contributed by atoms with Gasteiger partial charge < -0.3 is 10.1 Å². The van der Waals surface area contributed by atoms with E-state index >= 15 is 0 Å². The summed E-state index contributed by atoms with van der Waals surface area (Å²) in [6.07, 6.45) is 0.379. The largest absolute Gasteiger partial charge is 0.452 e. The van der Waals surface area contributed by atoms with E-state index in [-0.39, 0.29) is 11.3 Å². The first-order valence-electron chi connectivity index (χ1n) is 7.72. The second-order valence-electron chi connectivity index (χ2n) is 5.51. The summed E-state index contributed by atoms with van der Waals surface area (Å²) in [5, 5.41) is 2.99. The average Bonchev–Trinajstić information content (AvgIpc) is 2.60. The van der Waals surface area contributed by atoms with Crippen LogP contribution in [-0.2, 0) is 20.7 Å². The highest BCUT2D eigenvalue weighted by Crippen LogP contribution is 2.11. The molecule has 5 nitrogen and oxygen atoms in total. The van der Waals surface area contributed by atoms with Crippen LogP contribution in [0.5, 0.6) is 0 Å². The van der Waals surface area contributed by atoms with Gasteiger partial charge >= 0.3 is 5.97 Å². The molecule has 0 aliphatic heterocycles.